The van der Waals surface area contributed by atoms with E-state index in [1.807, 2.05) is 29.0 Å². The molecule has 0 aliphatic carbocycles. The molecule has 1 aromatic carbocycles. The summed E-state index contributed by atoms with van der Waals surface area (Å²) in [7, 11) is 0. The molecule has 0 saturated heterocycles. The molecular weight excluding hydrogens is 382 g/mol. The highest BCUT2D eigenvalue weighted by molar-refractivity contribution is 6.06. The molecule has 0 fully saturated rings. The summed E-state index contributed by atoms with van der Waals surface area (Å²) >= 11 is 0. The van der Waals surface area contributed by atoms with Crippen LogP contribution >= 0.6 is 0 Å². The molecule has 0 saturated carbocycles. The number of benzene rings is 1. The van der Waals surface area contributed by atoms with Crippen LogP contribution in [0, 0.1) is 6.92 Å². The van der Waals surface area contributed by atoms with Crippen LogP contribution in [0.4, 0.5) is 11.6 Å². The number of carbonyl (C=O) groups is 2. The van der Waals surface area contributed by atoms with E-state index in [4.69, 9.17) is 8.83 Å². The molecule has 1 unspecified atom stereocenters. The van der Waals surface area contributed by atoms with Gasteiger partial charge in [0.1, 0.15) is 11.8 Å². The van der Waals surface area contributed by atoms with Crippen LogP contribution in [0.3, 0.4) is 0 Å². The van der Waals surface area contributed by atoms with Crippen molar-refractivity contribution in [2.75, 3.05) is 10.6 Å². The number of aromatic nitrogens is 1. The second-order valence-electron chi connectivity index (χ2n) is 7.20. The van der Waals surface area contributed by atoms with Crippen LogP contribution in [0.1, 0.15) is 43.8 Å². The minimum Gasteiger partial charge on any atom is -0.469 e. The Labute approximate surface area is 172 Å². The van der Waals surface area contributed by atoms with E-state index in [-0.39, 0.29) is 11.7 Å². The summed E-state index contributed by atoms with van der Waals surface area (Å²) < 4.78 is 12.7. The Bertz CT molecular complexity index is 1230. The Morgan fingerprint density at radius 3 is 2.63 bits per heavy atom. The number of hydrogen-bond acceptors (Lipinski definition) is 5. The van der Waals surface area contributed by atoms with E-state index in [1.165, 1.54) is 6.26 Å². The highest BCUT2D eigenvalue weighted by Gasteiger charge is 2.29. The first kappa shape index (κ1) is 18.1. The highest BCUT2D eigenvalue weighted by atomic mass is 16.3. The van der Waals surface area contributed by atoms with Gasteiger partial charge in [-0.05, 0) is 55.5 Å². The van der Waals surface area contributed by atoms with E-state index >= 15 is 0 Å². The average molecular weight is 401 g/mol. The van der Waals surface area contributed by atoms with Gasteiger partial charge in [0, 0.05) is 28.7 Å². The Balaban J connectivity index is 1.38. The molecule has 2 N–H and O–H groups in total. The highest BCUT2D eigenvalue weighted by Crippen LogP contribution is 2.31. The summed E-state index contributed by atoms with van der Waals surface area (Å²) in [5.41, 5.74) is 3.48. The first-order valence-electron chi connectivity index (χ1n) is 9.58. The third-order valence-corrected chi connectivity index (χ3v) is 5.32. The number of amides is 1. The van der Waals surface area contributed by atoms with E-state index in [0.717, 1.165) is 11.3 Å². The van der Waals surface area contributed by atoms with Gasteiger partial charge in [0.25, 0.3) is 5.91 Å². The van der Waals surface area contributed by atoms with Crippen LogP contribution < -0.4 is 10.6 Å². The number of ketones is 1. The fourth-order valence-corrected chi connectivity index (χ4v) is 3.71. The quantitative estimate of drug-likeness (QED) is 0.487. The Kier molecular flexibility index (Phi) is 4.28. The van der Waals surface area contributed by atoms with Gasteiger partial charge in [0.15, 0.2) is 11.7 Å². The monoisotopic (exact) mass is 401 g/mol. The standard InChI is InChI=1S/C23H19N3O4/c1-14-18(9-12-29-14)22(28)24-17-6-4-15(5-7-17)21(27)20-19-3-2-10-26(19)13-16-8-11-30-23(16)25-20/h2-12,20,25H,13H2,1H3,(H,24,28). The lowest BCUT2D eigenvalue weighted by Gasteiger charge is -2.17. The normalized spacial score (nSPS) is 14.9. The fourth-order valence-electron chi connectivity index (χ4n) is 3.71. The third kappa shape index (κ3) is 3.10. The first-order valence-corrected chi connectivity index (χ1v) is 9.58. The van der Waals surface area contributed by atoms with Crippen LogP contribution in [0.5, 0.6) is 0 Å². The number of Topliss-reactive ketones (excluding diaryl/α,β-unsaturated/α-hetero) is 1. The van der Waals surface area contributed by atoms with E-state index in [9.17, 15) is 9.59 Å². The summed E-state index contributed by atoms with van der Waals surface area (Å²) in [6.07, 6.45) is 5.05. The van der Waals surface area contributed by atoms with Crippen molar-refractivity contribution in [3.8, 4) is 0 Å². The molecule has 1 atom stereocenters. The molecule has 1 amide bonds. The van der Waals surface area contributed by atoms with E-state index < -0.39 is 6.04 Å². The van der Waals surface area contributed by atoms with Crippen molar-refractivity contribution >= 4 is 23.3 Å². The SMILES string of the molecule is Cc1occc1C(=O)Nc1ccc(C(=O)C2Nc3occc3Cn3cccc32)cc1. The molecule has 1 aliphatic rings. The van der Waals surface area contributed by atoms with Gasteiger partial charge in [-0.1, -0.05) is 0 Å². The maximum absolute atomic E-state index is 13.3. The topological polar surface area (TPSA) is 89.4 Å². The Morgan fingerprint density at radius 1 is 1.07 bits per heavy atom. The number of nitrogens with zero attached hydrogens (tertiary/aromatic N) is 1. The predicted octanol–water partition coefficient (Wildman–Crippen LogP) is 4.63. The lowest BCUT2D eigenvalue weighted by molar-refractivity contribution is 0.0965. The van der Waals surface area contributed by atoms with E-state index in [1.54, 1.807) is 43.5 Å². The summed E-state index contributed by atoms with van der Waals surface area (Å²) in [6, 6.07) is 13.7. The van der Waals surface area contributed by atoms with Crippen molar-refractivity contribution in [2.24, 2.45) is 0 Å². The van der Waals surface area contributed by atoms with Gasteiger partial charge >= 0.3 is 0 Å². The van der Waals surface area contributed by atoms with Gasteiger partial charge in [-0.25, -0.2) is 0 Å². The zero-order valence-corrected chi connectivity index (χ0v) is 16.2. The number of rotatable bonds is 4. The number of carbonyl (C=O) groups excluding carboxylic acids is 2. The minimum atomic E-state index is -0.568. The maximum atomic E-state index is 13.3. The smallest absolute Gasteiger partial charge is 0.259 e. The molecule has 0 radical (unpaired) electrons. The largest absolute Gasteiger partial charge is 0.469 e. The Hall–Kier alpha value is -4.00. The molecule has 7 nitrogen and oxygen atoms in total. The molecule has 3 aromatic heterocycles. The molecule has 7 heteroatoms. The van der Waals surface area contributed by atoms with Crippen molar-refractivity contribution in [3.63, 3.8) is 0 Å². The fraction of sp³-hybridized carbons (Fsp3) is 0.130. The number of nitrogens with one attached hydrogen (secondary N) is 2. The summed E-state index contributed by atoms with van der Waals surface area (Å²) in [4.78, 5) is 25.6. The van der Waals surface area contributed by atoms with Crippen LogP contribution in [-0.2, 0) is 6.54 Å². The van der Waals surface area contributed by atoms with E-state index in [0.29, 0.717) is 35.0 Å². The minimum absolute atomic E-state index is 0.0808. The molecular formula is C23H19N3O4. The lowest BCUT2D eigenvalue weighted by Crippen LogP contribution is -2.22. The van der Waals surface area contributed by atoms with Crippen LogP contribution in [0.2, 0.25) is 0 Å². The van der Waals surface area contributed by atoms with Gasteiger partial charge < -0.3 is 24.0 Å². The number of furan rings is 2. The number of hydrogen-bond donors (Lipinski definition) is 2. The number of fused-ring (bicyclic) bond motifs is 2. The molecule has 4 aromatic rings. The second kappa shape index (κ2) is 7.11. The zero-order chi connectivity index (χ0) is 20.7. The molecule has 30 heavy (non-hydrogen) atoms. The van der Waals surface area contributed by atoms with Gasteiger partial charge in [-0.2, -0.15) is 0 Å². The average Bonchev–Trinajstić information content (AvgIpc) is 3.47. The molecule has 1 aliphatic heterocycles. The van der Waals surface area contributed by atoms with Gasteiger partial charge in [-0.3, -0.25) is 9.59 Å². The van der Waals surface area contributed by atoms with Crippen molar-refractivity contribution in [1.82, 2.24) is 4.57 Å². The third-order valence-electron chi connectivity index (χ3n) is 5.32. The first-order chi connectivity index (χ1) is 14.6. The molecule has 5 rings (SSSR count). The van der Waals surface area contributed by atoms with Gasteiger partial charge in [-0.15, -0.1) is 0 Å². The van der Waals surface area contributed by atoms with Crippen molar-refractivity contribution in [3.05, 3.63) is 95.4 Å². The summed E-state index contributed by atoms with van der Waals surface area (Å²) in [5, 5.41) is 6.05. The van der Waals surface area contributed by atoms with Crippen LogP contribution in [0.15, 0.2) is 76.1 Å². The molecule has 0 bridgehead atoms. The van der Waals surface area contributed by atoms with Crippen molar-refractivity contribution in [2.45, 2.75) is 19.5 Å². The Morgan fingerprint density at radius 2 is 1.87 bits per heavy atom. The van der Waals surface area contributed by atoms with Crippen LogP contribution in [0.25, 0.3) is 0 Å². The summed E-state index contributed by atoms with van der Waals surface area (Å²) in [6.45, 7) is 2.38. The maximum Gasteiger partial charge on any atom is 0.259 e. The van der Waals surface area contributed by atoms with Crippen molar-refractivity contribution < 1.29 is 18.4 Å². The van der Waals surface area contributed by atoms with Gasteiger partial charge in [0.2, 0.25) is 0 Å². The lowest BCUT2D eigenvalue weighted by atomic mass is 10.0. The molecule has 4 heterocycles. The zero-order valence-electron chi connectivity index (χ0n) is 16.2. The predicted molar refractivity (Wildman–Crippen MR) is 111 cm³/mol. The van der Waals surface area contributed by atoms with E-state index in [2.05, 4.69) is 10.6 Å². The summed E-state index contributed by atoms with van der Waals surface area (Å²) in [5.74, 6) is 0.826. The van der Waals surface area contributed by atoms with Gasteiger partial charge in [0.05, 0.1) is 24.6 Å². The number of anilines is 2. The second-order valence-corrected chi connectivity index (χ2v) is 7.20. The number of aryl methyl sites for hydroxylation is 1. The van der Waals surface area contributed by atoms with Crippen molar-refractivity contribution in [1.29, 1.82) is 0 Å². The van der Waals surface area contributed by atoms with Crippen LogP contribution in [-0.4, -0.2) is 16.3 Å². The molecule has 150 valence electrons. The molecule has 0 spiro atoms.